The standard InChI is InChI=1S/C39H26N2O/c1-2-13-25(14-3-1)38-40-34-23-10-6-17-28(34)36(41-38)29-18-12-22-33-37(29)42-35-24-11-9-21-32(35)39(33)30-19-7-4-15-26(30)27-16-5-8-20-31(27)39/h1-7,9-19,21-24H,8,20H2. The maximum atomic E-state index is 6.94. The number of allylic oxidation sites excluding steroid dienone is 4. The molecule has 2 heterocycles. The lowest BCUT2D eigenvalue weighted by atomic mass is 9.63. The molecule has 2 aliphatic carbocycles. The van der Waals surface area contributed by atoms with Crippen molar-refractivity contribution in [3.05, 3.63) is 161 Å². The maximum absolute atomic E-state index is 6.94. The van der Waals surface area contributed by atoms with E-state index in [9.17, 15) is 0 Å². The van der Waals surface area contributed by atoms with Crippen molar-refractivity contribution >= 4 is 16.5 Å². The lowest BCUT2D eigenvalue weighted by molar-refractivity contribution is 0.433. The Balaban J connectivity index is 1.39. The van der Waals surface area contributed by atoms with Gasteiger partial charge in [-0.1, -0.05) is 115 Å². The fourth-order valence-corrected chi connectivity index (χ4v) is 7.38. The zero-order valence-corrected chi connectivity index (χ0v) is 22.9. The van der Waals surface area contributed by atoms with Crippen LogP contribution in [0.3, 0.4) is 0 Å². The summed E-state index contributed by atoms with van der Waals surface area (Å²) in [4.78, 5) is 10.2. The minimum absolute atomic E-state index is 0.429. The van der Waals surface area contributed by atoms with Crippen molar-refractivity contribution in [1.29, 1.82) is 0 Å². The van der Waals surface area contributed by atoms with Gasteiger partial charge in [-0.2, -0.15) is 0 Å². The van der Waals surface area contributed by atoms with Crippen molar-refractivity contribution in [2.24, 2.45) is 0 Å². The third kappa shape index (κ3) is 3.11. The van der Waals surface area contributed by atoms with E-state index in [1.54, 1.807) is 0 Å². The topological polar surface area (TPSA) is 35.0 Å². The van der Waals surface area contributed by atoms with Crippen LogP contribution in [0.1, 0.15) is 35.1 Å². The predicted octanol–water partition coefficient (Wildman–Crippen LogP) is 9.52. The molecule has 3 nitrogen and oxygen atoms in total. The third-order valence-corrected chi connectivity index (χ3v) is 9.06. The van der Waals surface area contributed by atoms with Gasteiger partial charge < -0.3 is 4.74 Å². The molecule has 0 N–H and O–H groups in total. The Morgan fingerprint density at radius 2 is 1.36 bits per heavy atom. The lowest BCUT2D eigenvalue weighted by Crippen LogP contribution is -2.33. The van der Waals surface area contributed by atoms with Gasteiger partial charge in [0, 0.05) is 27.6 Å². The molecule has 1 unspecified atom stereocenters. The summed E-state index contributed by atoms with van der Waals surface area (Å²) >= 11 is 0. The maximum Gasteiger partial charge on any atom is 0.160 e. The lowest BCUT2D eigenvalue weighted by Gasteiger charge is -2.41. The van der Waals surface area contributed by atoms with E-state index in [2.05, 4.69) is 109 Å². The second-order valence-electron chi connectivity index (χ2n) is 11.2. The van der Waals surface area contributed by atoms with Crippen LogP contribution in [-0.4, -0.2) is 9.97 Å². The zero-order chi connectivity index (χ0) is 27.7. The number of benzene rings is 5. The van der Waals surface area contributed by atoms with E-state index < -0.39 is 5.41 Å². The largest absolute Gasteiger partial charge is 0.456 e. The molecule has 1 aromatic heterocycles. The van der Waals surface area contributed by atoms with Crippen LogP contribution in [0, 0.1) is 0 Å². The van der Waals surface area contributed by atoms with Gasteiger partial charge in [-0.3, -0.25) is 0 Å². The van der Waals surface area contributed by atoms with Crippen molar-refractivity contribution in [2.75, 3.05) is 0 Å². The van der Waals surface area contributed by atoms with E-state index >= 15 is 0 Å². The molecule has 0 saturated carbocycles. The average Bonchev–Trinajstić information content (AvgIpc) is 3.35. The number of para-hydroxylation sites is 3. The first kappa shape index (κ1) is 23.4. The Morgan fingerprint density at radius 3 is 2.29 bits per heavy atom. The summed E-state index contributed by atoms with van der Waals surface area (Å²) in [6, 6.07) is 42.6. The van der Waals surface area contributed by atoms with Crippen molar-refractivity contribution < 1.29 is 4.74 Å². The van der Waals surface area contributed by atoms with Crippen LogP contribution in [0.4, 0.5) is 0 Å². The predicted molar refractivity (Wildman–Crippen MR) is 169 cm³/mol. The fraction of sp³-hybridized carbons (Fsp3) is 0.0769. The van der Waals surface area contributed by atoms with Gasteiger partial charge >= 0.3 is 0 Å². The van der Waals surface area contributed by atoms with E-state index in [-0.39, 0.29) is 0 Å². The Labute approximate surface area is 244 Å². The van der Waals surface area contributed by atoms with Gasteiger partial charge in [0.2, 0.25) is 0 Å². The highest BCUT2D eigenvalue weighted by molar-refractivity contribution is 5.98. The monoisotopic (exact) mass is 538 g/mol. The molecule has 198 valence electrons. The van der Waals surface area contributed by atoms with Gasteiger partial charge in [-0.05, 0) is 53.3 Å². The number of ether oxygens (including phenoxy) is 1. The van der Waals surface area contributed by atoms with Crippen LogP contribution < -0.4 is 4.74 Å². The molecule has 3 heteroatoms. The van der Waals surface area contributed by atoms with Gasteiger partial charge in [0.05, 0.1) is 16.6 Å². The molecule has 6 aromatic rings. The summed E-state index contributed by atoms with van der Waals surface area (Å²) in [6.45, 7) is 0. The molecule has 0 saturated heterocycles. The fourth-order valence-electron chi connectivity index (χ4n) is 7.38. The van der Waals surface area contributed by atoms with E-state index in [0.29, 0.717) is 5.82 Å². The van der Waals surface area contributed by atoms with Crippen molar-refractivity contribution in [1.82, 2.24) is 9.97 Å². The van der Waals surface area contributed by atoms with Crippen LogP contribution in [0.25, 0.3) is 39.1 Å². The Morgan fingerprint density at radius 1 is 0.619 bits per heavy atom. The van der Waals surface area contributed by atoms with Gasteiger partial charge in [0.1, 0.15) is 11.5 Å². The molecular formula is C39H26N2O. The SMILES string of the molecule is C1=CC2=C(CC1)C1(c3ccccc3Oc3c(-c4nc(-c5ccccc5)nc5ccccc45)cccc31)c1ccccc12. The molecule has 42 heavy (non-hydrogen) atoms. The minimum atomic E-state index is -0.429. The van der Waals surface area contributed by atoms with Crippen molar-refractivity contribution in [2.45, 2.75) is 18.3 Å². The van der Waals surface area contributed by atoms with Gasteiger partial charge in [-0.25, -0.2) is 9.97 Å². The number of aromatic nitrogens is 2. The van der Waals surface area contributed by atoms with E-state index in [4.69, 9.17) is 14.7 Å². The van der Waals surface area contributed by atoms with E-state index in [0.717, 1.165) is 52.1 Å². The highest BCUT2D eigenvalue weighted by Gasteiger charge is 2.52. The van der Waals surface area contributed by atoms with Gasteiger partial charge in [0.15, 0.2) is 5.82 Å². The summed E-state index contributed by atoms with van der Waals surface area (Å²) in [5.41, 5.74) is 11.2. The molecule has 0 radical (unpaired) electrons. The summed E-state index contributed by atoms with van der Waals surface area (Å²) < 4.78 is 6.94. The average molecular weight is 539 g/mol. The zero-order valence-electron chi connectivity index (χ0n) is 22.9. The Hall–Kier alpha value is -5.28. The first-order valence-corrected chi connectivity index (χ1v) is 14.6. The van der Waals surface area contributed by atoms with Crippen LogP contribution in [0.5, 0.6) is 11.5 Å². The summed E-state index contributed by atoms with van der Waals surface area (Å²) in [5.74, 6) is 2.48. The number of fused-ring (bicyclic) bond motifs is 9. The summed E-state index contributed by atoms with van der Waals surface area (Å²) in [6.07, 6.45) is 6.68. The number of nitrogens with zero attached hydrogens (tertiary/aromatic N) is 2. The molecule has 9 rings (SSSR count). The van der Waals surface area contributed by atoms with Crippen LogP contribution in [0.2, 0.25) is 0 Å². The molecular weight excluding hydrogens is 512 g/mol. The molecule has 0 amide bonds. The molecule has 1 aliphatic heterocycles. The second-order valence-corrected chi connectivity index (χ2v) is 11.2. The minimum Gasteiger partial charge on any atom is -0.456 e. The highest BCUT2D eigenvalue weighted by Crippen LogP contribution is 2.63. The molecule has 5 aromatic carbocycles. The van der Waals surface area contributed by atoms with Crippen LogP contribution >= 0.6 is 0 Å². The van der Waals surface area contributed by atoms with Gasteiger partial charge in [-0.15, -0.1) is 0 Å². The first-order chi connectivity index (χ1) is 20.8. The number of rotatable bonds is 2. The van der Waals surface area contributed by atoms with Crippen molar-refractivity contribution in [3.8, 4) is 34.1 Å². The van der Waals surface area contributed by atoms with Crippen LogP contribution in [-0.2, 0) is 5.41 Å². The Kier molecular flexibility index (Phi) is 4.94. The quantitative estimate of drug-likeness (QED) is 0.220. The first-order valence-electron chi connectivity index (χ1n) is 14.6. The molecule has 3 aliphatic rings. The normalized spacial score (nSPS) is 17.9. The smallest absolute Gasteiger partial charge is 0.160 e. The number of hydrogen-bond acceptors (Lipinski definition) is 3. The number of hydrogen-bond donors (Lipinski definition) is 0. The van der Waals surface area contributed by atoms with E-state index in [1.807, 2.05) is 24.3 Å². The highest BCUT2D eigenvalue weighted by atomic mass is 16.5. The van der Waals surface area contributed by atoms with Gasteiger partial charge in [0.25, 0.3) is 0 Å². The Bertz CT molecular complexity index is 2120. The molecule has 0 bridgehead atoms. The van der Waals surface area contributed by atoms with Crippen molar-refractivity contribution in [3.63, 3.8) is 0 Å². The molecule has 1 atom stereocenters. The molecule has 0 fully saturated rings. The second kappa shape index (κ2) is 8.86. The molecule has 1 spiro atoms. The summed E-state index contributed by atoms with van der Waals surface area (Å²) in [5, 5.41) is 1.01. The van der Waals surface area contributed by atoms with E-state index in [1.165, 1.54) is 33.4 Å². The summed E-state index contributed by atoms with van der Waals surface area (Å²) in [7, 11) is 0. The third-order valence-electron chi connectivity index (χ3n) is 9.06. The van der Waals surface area contributed by atoms with Crippen LogP contribution in [0.15, 0.2) is 139 Å².